The third-order valence-electron chi connectivity index (χ3n) is 3.77. The molecule has 2 N–H and O–H groups in total. The van der Waals surface area contributed by atoms with Gasteiger partial charge in [0.05, 0.1) is 6.61 Å². The van der Waals surface area contributed by atoms with E-state index in [1.165, 1.54) is 30.4 Å². The zero-order chi connectivity index (χ0) is 12.3. The number of aliphatic hydroxyl groups is 1. The van der Waals surface area contributed by atoms with Gasteiger partial charge >= 0.3 is 0 Å². The number of hydrogen-bond donors (Lipinski definition) is 2. The van der Waals surface area contributed by atoms with E-state index in [2.05, 4.69) is 43.4 Å². The summed E-state index contributed by atoms with van der Waals surface area (Å²) in [5.74, 6) is 0. The van der Waals surface area contributed by atoms with Crippen LogP contribution in [0.1, 0.15) is 50.3 Å². The van der Waals surface area contributed by atoms with Crippen molar-refractivity contribution in [2.24, 2.45) is 0 Å². The molecule has 0 spiro atoms. The Bertz CT molecular complexity index is 367. The predicted molar refractivity (Wildman–Crippen MR) is 71.1 cm³/mol. The molecule has 1 atom stereocenters. The van der Waals surface area contributed by atoms with Gasteiger partial charge in [-0.3, -0.25) is 0 Å². The maximum Gasteiger partial charge on any atom is 0.0522 e. The SMILES string of the molecule is CC(C)(CO)c1ccccc1C1CCCCN1. The van der Waals surface area contributed by atoms with Crippen molar-refractivity contribution in [1.82, 2.24) is 5.32 Å². The van der Waals surface area contributed by atoms with Gasteiger partial charge in [-0.05, 0) is 30.5 Å². The third-order valence-corrected chi connectivity index (χ3v) is 3.77. The zero-order valence-corrected chi connectivity index (χ0v) is 10.9. The molecule has 1 unspecified atom stereocenters. The van der Waals surface area contributed by atoms with Crippen LogP contribution in [-0.4, -0.2) is 18.3 Å². The summed E-state index contributed by atoms with van der Waals surface area (Å²) in [4.78, 5) is 0. The first-order valence-electron chi connectivity index (χ1n) is 6.59. The van der Waals surface area contributed by atoms with E-state index >= 15 is 0 Å². The highest BCUT2D eigenvalue weighted by atomic mass is 16.3. The summed E-state index contributed by atoms with van der Waals surface area (Å²) < 4.78 is 0. The monoisotopic (exact) mass is 233 g/mol. The Morgan fingerprint density at radius 3 is 2.71 bits per heavy atom. The molecular formula is C15H23NO. The summed E-state index contributed by atoms with van der Waals surface area (Å²) in [6.45, 7) is 5.51. The number of piperidine rings is 1. The lowest BCUT2D eigenvalue weighted by molar-refractivity contribution is 0.216. The van der Waals surface area contributed by atoms with E-state index in [0.29, 0.717) is 6.04 Å². The van der Waals surface area contributed by atoms with Crippen LogP contribution in [0.2, 0.25) is 0 Å². The van der Waals surface area contributed by atoms with Crippen LogP contribution in [0.25, 0.3) is 0 Å². The van der Waals surface area contributed by atoms with E-state index < -0.39 is 0 Å². The lowest BCUT2D eigenvalue weighted by Gasteiger charge is -2.31. The Morgan fingerprint density at radius 2 is 2.06 bits per heavy atom. The predicted octanol–water partition coefficient (Wildman–Crippen LogP) is 2.77. The minimum Gasteiger partial charge on any atom is -0.395 e. The molecule has 0 saturated carbocycles. The average Bonchev–Trinajstić information content (AvgIpc) is 2.40. The summed E-state index contributed by atoms with van der Waals surface area (Å²) in [5.41, 5.74) is 2.49. The summed E-state index contributed by atoms with van der Waals surface area (Å²) in [7, 11) is 0. The van der Waals surface area contributed by atoms with E-state index in [-0.39, 0.29) is 12.0 Å². The van der Waals surface area contributed by atoms with Crippen LogP contribution in [-0.2, 0) is 5.41 Å². The summed E-state index contributed by atoms with van der Waals surface area (Å²) in [6.07, 6.45) is 3.78. The number of hydrogen-bond acceptors (Lipinski definition) is 2. The van der Waals surface area contributed by atoms with Gasteiger partial charge in [0.1, 0.15) is 0 Å². The van der Waals surface area contributed by atoms with E-state index in [1.54, 1.807) is 0 Å². The van der Waals surface area contributed by atoms with Crippen LogP contribution >= 0.6 is 0 Å². The van der Waals surface area contributed by atoms with Crippen LogP contribution in [0.15, 0.2) is 24.3 Å². The van der Waals surface area contributed by atoms with Gasteiger partial charge in [-0.2, -0.15) is 0 Å². The highest BCUT2D eigenvalue weighted by molar-refractivity contribution is 5.36. The standard InChI is InChI=1S/C15H23NO/c1-15(2,11-17)13-8-4-3-7-12(13)14-9-5-6-10-16-14/h3-4,7-8,14,16-17H,5-6,9-11H2,1-2H3. The average molecular weight is 233 g/mol. The first kappa shape index (κ1) is 12.6. The van der Waals surface area contributed by atoms with Crippen molar-refractivity contribution in [1.29, 1.82) is 0 Å². The second-order valence-corrected chi connectivity index (χ2v) is 5.63. The van der Waals surface area contributed by atoms with Gasteiger partial charge in [0, 0.05) is 11.5 Å². The van der Waals surface area contributed by atoms with Gasteiger partial charge in [-0.15, -0.1) is 0 Å². The van der Waals surface area contributed by atoms with Gasteiger partial charge in [0.25, 0.3) is 0 Å². The third kappa shape index (κ3) is 2.70. The molecule has 1 aliphatic rings. The molecule has 0 aromatic heterocycles. The van der Waals surface area contributed by atoms with Crippen LogP contribution in [0.5, 0.6) is 0 Å². The Kier molecular flexibility index (Phi) is 3.85. The molecule has 0 amide bonds. The normalized spacial score (nSPS) is 21.5. The smallest absolute Gasteiger partial charge is 0.0522 e. The molecule has 2 rings (SSSR count). The Balaban J connectivity index is 2.33. The number of rotatable bonds is 3. The van der Waals surface area contributed by atoms with Gasteiger partial charge in [-0.1, -0.05) is 44.5 Å². The largest absolute Gasteiger partial charge is 0.395 e. The molecule has 1 saturated heterocycles. The van der Waals surface area contributed by atoms with Crippen molar-refractivity contribution in [2.45, 2.75) is 44.6 Å². The van der Waals surface area contributed by atoms with E-state index in [1.807, 2.05) is 0 Å². The van der Waals surface area contributed by atoms with Crippen LogP contribution < -0.4 is 5.32 Å². The van der Waals surface area contributed by atoms with E-state index in [0.717, 1.165) is 6.54 Å². The quantitative estimate of drug-likeness (QED) is 0.841. The Labute approximate surface area is 104 Å². The second kappa shape index (κ2) is 5.19. The fraction of sp³-hybridized carbons (Fsp3) is 0.600. The molecule has 1 aromatic carbocycles. The number of benzene rings is 1. The highest BCUT2D eigenvalue weighted by Gasteiger charge is 2.26. The van der Waals surface area contributed by atoms with Gasteiger partial charge in [0.15, 0.2) is 0 Å². The van der Waals surface area contributed by atoms with Crippen LogP contribution in [0.4, 0.5) is 0 Å². The minimum atomic E-state index is -0.157. The summed E-state index contributed by atoms with van der Waals surface area (Å²) in [5, 5.41) is 13.1. The maximum atomic E-state index is 9.55. The Morgan fingerprint density at radius 1 is 1.29 bits per heavy atom. The number of aliphatic hydroxyl groups excluding tert-OH is 1. The summed E-state index contributed by atoms with van der Waals surface area (Å²) >= 11 is 0. The molecular weight excluding hydrogens is 210 g/mol. The topological polar surface area (TPSA) is 32.3 Å². The summed E-state index contributed by atoms with van der Waals surface area (Å²) in [6, 6.07) is 8.99. The fourth-order valence-corrected chi connectivity index (χ4v) is 2.62. The molecule has 1 fully saturated rings. The van der Waals surface area contributed by atoms with Gasteiger partial charge in [0.2, 0.25) is 0 Å². The molecule has 1 heterocycles. The van der Waals surface area contributed by atoms with Crippen molar-refractivity contribution >= 4 is 0 Å². The molecule has 0 radical (unpaired) electrons. The van der Waals surface area contributed by atoms with Crippen molar-refractivity contribution in [3.8, 4) is 0 Å². The maximum absolute atomic E-state index is 9.55. The van der Waals surface area contributed by atoms with Crippen molar-refractivity contribution in [3.05, 3.63) is 35.4 Å². The molecule has 0 aliphatic carbocycles. The number of nitrogens with one attached hydrogen (secondary N) is 1. The first-order chi connectivity index (χ1) is 8.15. The Hall–Kier alpha value is -0.860. The fourth-order valence-electron chi connectivity index (χ4n) is 2.62. The molecule has 94 valence electrons. The van der Waals surface area contributed by atoms with Crippen molar-refractivity contribution in [2.75, 3.05) is 13.2 Å². The molecule has 2 nitrogen and oxygen atoms in total. The van der Waals surface area contributed by atoms with Crippen molar-refractivity contribution in [3.63, 3.8) is 0 Å². The lowest BCUT2D eigenvalue weighted by atomic mass is 9.79. The molecule has 2 heteroatoms. The van der Waals surface area contributed by atoms with Gasteiger partial charge < -0.3 is 10.4 Å². The van der Waals surface area contributed by atoms with Crippen LogP contribution in [0.3, 0.4) is 0 Å². The second-order valence-electron chi connectivity index (χ2n) is 5.63. The van der Waals surface area contributed by atoms with E-state index in [4.69, 9.17) is 0 Å². The molecule has 1 aromatic rings. The minimum absolute atomic E-state index is 0.157. The van der Waals surface area contributed by atoms with Gasteiger partial charge in [-0.25, -0.2) is 0 Å². The van der Waals surface area contributed by atoms with Crippen molar-refractivity contribution < 1.29 is 5.11 Å². The van der Waals surface area contributed by atoms with E-state index in [9.17, 15) is 5.11 Å². The zero-order valence-electron chi connectivity index (χ0n) is 10.9. The lowest BCUT2D eigenvalue weighted by Crippen LogP contribution is -2.31. The molecule has 17 heavy (non-hydrogen) atoms. The first-order valence-corrected chi connectivity index (χ1v) is 6.59. The van der Waals surface area contributed by atoms with Crippen LogP contribution in [0, 0.1) is 0 Å². The molecule has 1 aliphatic heterocycles. The highest BCUT2D eigenvalue weighted by Crippen LogP contribution is 2.32. The molecule has 0 bridgehead atoms.